The molecule has 0 fully saturated rings. The van der Waals surface area contributed by atoms with Crippen LogP contribution in [-0.4, -0.2) is 19.3 Å². The van der Waals surface area contributed by atoms with Crippen molar-refractivity contribution in [1.29, 1.82) is 0 Å². The molecular weight excluding hydrogens is 195 g/mol. The van der Waals surface area contributed by atoms with Gasteiger partial charge in [-0.05, 0) is 19.3 Å². The van der Waals surface area contributed by atoms with Crippen LogP contribution in [0.25, 0.3) is 0 Å². The predicted molar refractivity (Wildman–Crippen MR) is 59.5 cm³/mol. The minimum absolute atomic E-state index is 0.0880. The van der Waals surface area contributed by atoms with Crippen molar-refractivity contribution in [3.8, 4) is 0 Å². The number of carbonyl (C=O) groups excluding carboxylic acids is 1. The van der Waals surface area contributed by atoms with Crippen molar-refractivity contribution >= 4 is 5.97 Å². The molecule has 2 nitrogen and oxygen atoms in total. The second kappa shape index (κ2) is 11.5. The highest BCUT2D eigenvalue weighted by atomic mass is 19.1. The first kappa shape index (κ1) is 14.4. The van der Waals surface area contributed by atoms with Gasteiger partial charge in [0.05, 0.1) is 13.3 Å². The van der Waals surface area contributed by atoms with E-state index in [0.717, 1.165) is 38.5 Å². The minimum Gasteiger partial charge on any atom is -0.466 e. The Morgan fingerprint density at radius 2 is 1.67 bits per heavy atom. The van der Waals surface area contributed by atoms with Gasteiger partial charge in [-0.2, -0.15) is 0 Å². The summed E-state index contributed by atoms with van der Waals surface area (Å²) in [4.78, 5) is 11.0. The molecule has 0 unspecified atom stereocenters. The first-order valence-electron chi connectivity index (χ1n) is 6.02. The Morgan fingerprint density at radius 3 is 2.27 bits per heavy atom. The average Bonchev–Trinajstić information content (AvgIpc) is 2.22. The van der Waals surface area contributed by atoms with E-state index in [9.17, 15) is 9.18 Å². The van der Waals surface area contributed by atoms with Gasteiger partial charge in [0, 0.05) is 6.42 Å². The van der Waals surface area contributed by atoms with Crippen LogP contribution in [-0.2, 0) is 9.53 Å². The van der Waals surface area contributed by atoms with Gasteiger partial charge in [0.1, 0.15) is 0 Å². The Labute approximate surface area is 92.2 Å². The summed E-state index contributed by atoms with van der Waals surface area (Å²) in [6.07, 6.45) is 7.26. The molecule has 15 heavy (non-hydrogen) atoms. The molecule has 0 aromatic carbocycles. The molecule has 0 bridgehead atoms. The normalized spacial score (nSPS) is 10.3. The van der Waals surface area contributed by atoms with E-state index >= 15 is 0 Å². The highest BCUT2D eigenvalue weighted by molar-refractivity contribution is 5.69. The molecule has 0 heterocycles. The summed E-state index contributed by atoms with van der Waals surface area (Å²) in [5.41, 5.74) is 0. The number of hydrogen-bond acceptors (Lipinski definition) is 2. The highest BCUT2D eigenvalue weighted by Crippen LogP contribution is 2.05. The Morgan fingerprint density at radius 1 is 1.07 bits per heavy atom. The number of alkyl halides is 1. The number of carbonyl (C=O) groups is 1. The van der Waals surface area contributed by atoms with Crippen LogP contribution in [0, 0.1) is 0 Å². The smallest absolute Gasteiger partial charge is 0.305 e. The van der Waals surface area contributed by atoms with E-state index in [1.54, 1.807) is 0 Å². The zero-order valence-corrected chi connectivity index (χ0v) is 9.77. The van der Waals surface area contributed by atoms with Crippen molar-refractivity contribution in [1.82, 2.24) is 0 Å². The fourth-order valence-corrected chi connectivity index (χ4v) is 1.37. The number of ether oxygens (including phenoxy) is 1. The van der Waals surface area contributed by atoms with Crippen LogP contribution in [0.3, 0.4) is 0 Å². The van der Waals surface area contributed by atoms with Crippen LogP contribution < -0.4 is 0 Å². The van der Waals surface area contributed by atoms with Gasteiger partial charge in [-0.3, -0.25) is 9.18 Å². The van der Waals surface area contributed by atoms with Gasteiger partial charge >= 0.3 is 5.97 Å². The van der Waals surface area contributed by atoms with Gasteiger partial charge in [0.15, 0.2) is 0 Å². The summed E-state index contributed by atoms with van der Waals surface area (Å²) in [6.45, 7) is 2.31. The predicted octanol–water partition coefficient (Wildman–Crippen LogP) is 3.64. The van der Waals surface area contributed by atoms with Crippen molar-refractivity contribution in [2.45, 2.75) is 58.3 Å². The fraction of sp³-hybridized carbons (Fsp3) is 0.917. The lowest BCUT2D eigenvalue weighted by atomic mass is 10.1. The first-order chi connectivity index (χ1) is 7.31. The average molecular weight is 218 g/mol. The summed E-state index contributed by atoms with van der Waals surface area (Å²) in [5.74, 6) is -0.0880. The van der Waals surface area contributed by atoms with E-state index in [1.165, 1.54) is 0 Å². The number of esters is 1. The Balaban J connectivity index is 3.01. The highest BCUT2D eigenvalue weighted by Gasteiger charge is 1.99. The van der Waals surface area contributed by atoms with Crippen molar-refractivity contribution in [3.05, 3.63) is 0 Å². The molecule has 0 aliphatic carbocycles. The van der Waals surface area contributed by atoms with E-state index in [-0.39, 0.29) is 12.6 Å². The van der Waals surface area contributed by atoms with Gasteiger partial charge < -0.3 is 4.74 Å². The number of hydrogen-bond donors (Lipinski definition) is 0. The second-order valence-electron chi connectivity index (χ2n) is 3.78. The lowest BCUT2D eigenvalue weighted by Gasteiger charge is -2.03. The van der Waals surface area contributed by atoms with Crippen LogP contribution in [0.15, 0.2) is 0 Å². The molecule has 0 aliphatic heterocycles. The molecule has 90 valence electrons. The quantitative estimate of drug-likeness (QED) is 0.413. The number of rotatable bonds is 10. The van der Waals surface area contributed by atoms with Gasteiger partial charge in [-0.15, -0.1) is 0 Å². The van der Waals surface area contributed by atoms with Crippen LogP contribution in [0.2, 0.25) is 0 Å². The lowest BCUT2D eigenvalue weighted by Crippen LogP contribution is -2.04. The molecule has 0 N–H and O–H groups in total. The maximum atomic E-state index is 11.7. The standard InChI is InChI=1S/C12H23FO2/c1-2-9-12(14)15-11-8-6-4-3-5-7-10-13/h2-11H2,1H3. The van der Waals surface area contributed by atoms with Gasteiger partial charge in [-0.1, -0.05) is 32.6 Å². The number of unbranched alkanes of at least 4 members (excludes halogenated alkanes) is 5. The van der Waals surface area contributed by atoms with Crippen LogP contribution in [0.5, 0.6) is 0 Å². The third-order valence-electron chi connectivity index (χ3n) is 2.25. The Kier molecular flexibility index (Phi) is 11.0. The van der Waals surface area contributed by atoms with E-state index in [2.05, 4.69) is 0 Å². The third-order valence-corrected chi connectivity index (χ3v) is 2.25. The number of halogens is 1. The molecule has 0 atom stereocenters. The Hall–Kier alpha value is -0.600. The molecule has 3 heteroatoms. The summed E-state index contributed by atoms with van der Waals surface area (Å²) in [7, 11) is 0. The second-order valence-corrected chi connectivity index (χ2v) is 3.78. The van der Waals surface area contributed by atoms with Gasteiger partial charge in [0.25, 0.3) is 0 Å². The Bertz CT molecular complexity index is 149. The molecule has 0 saturated heterocycles. The van der Waals surface area contributed by atoms with E-state index in [1.807, 2.05) is 6.92 Å². The van der Waals surface area contributed by atoms with Crippen molar-refractivity contribution < 1.29 is 13.9 Å². The van der Waals surface area contributed by atoms with E-state index < -0.39 is 0 Å². The summed E-state index contributed by atoms with van der Waals surface area (Å²) < 4.78 is 16.7. The van der Waals surface area contributed by atoms with Crippen LogP contribution in [0.1, 0.15) is 58.3 Å². The van der Waals surface area contributed by atoms with Crippen molar-refractivity contribution in [2.75, 3.05) is 13.3 Å². The topological polar surface area (TPSA) is 26.3 Å². The monoisotopic (exact) mass is 218 g/mol. The summed E-state index contributed by atoms with van der Waals surface area (Å²) in [6, 6.07) is 0. The zero-order valence-electron chi connectivity index (χ0n) is 9.77. The van der Waals surface area contributed by atoms with Crippen LogP contribution >= 0.6 is 0 Å². The zero-order chi connectivity index (χ0) is 11.4. The largest absolute Gasteiger partial charge is 0.466 e. The van der Waals surface area contributed by atoms with E-state index in [4.69, 9.17) is 4.74 Å². The molecule has 0 aromatic heterocycles. The summed E-state index contributed by atoms with van der Waals surface area (Å²) >= 11 is 0. The van der Waals surface area contributed by atoms with Crippen LogP contribution in [0.4, 0.5) is 4.39 Å². The van der Waals surface area contributed by atoms with E-state index in [0.29, 0.717) is 19.4 Å². The fourth-order valence-electron chi connectivity index (χ4n) is 1.37. The molecule has 0 aliphatic rings. The molecular formula is C12H23FO2. The van der Waals surface area contributed by atoms with Crippen molar-refractivity contribution in [3.63, 3.8) is 0 Å². The first-order valence-corrected chi connectivity index (χ1v) is 6.02. The molecule has 0 saturated carbocycles. The SMILES string of the molecule is CCCC(=O)OCCCCCCCCF. The maximum absolute atomic E-state index is 11.7. The lowest BCUT2D eigenvalue weighted by molar-refractivity contribution is -0.143. The molecule has 0 amide bonds. The van der Waals surface area contributed by atoms with Gasteiger partial charge in [-0.25, -0.2) is 0 Å². The van der Waals surface area contributed by atoms with Crippen molar-refractivity contribution in [2.24, 2.45) is 0 Å². The third kappa shape index (κ3) is 11.3. The molecule has 0 aromatic rings. The summed E-state index contributed by atoms with van der Waals surface area (Å²) in [5, 5.41) is 0. The van der Waals surface area contributed by atoms with Gasteiger partial charge in [0.2, 0.25) is 0 Å². The maximum Gasteiger partial charge on any atom is 0.305 e. The molecule has 0 rings (SSSR count). The minimum atomic E-state index is -0.200. The molecule has 0 spiro atoms. The molecule has 0 radical (unpaired) electrons.